The molecule has 0 unspecified atom stereocenters. The quantitative estimate of drug-likeness (QED) is 0.388. The molecule has 3 rings (SSSR count). The van der Waals surface area contributed by atoms with Gasteiger partial charge >= 0.3 is 0 Å². The van der Waals surface area contributed by atoms with E-state index in [0.29, 0.717) is 44.3 Å². The Balaban J connectivity index is 1.48. The predicted molar refractivity (Wildman–Crippen MR) is 129 cm³/mol. The summed E-state index contributed by atoms with van der Waals surface area (Å²) in [7, 11) is -1.99. The van der Waals surface area contributed by atoms with Gasteiger partial charge in [0, 0.05) is 30.7 Å². The van der Waals surface area contributed by atoms with Gasteiger partial charge in [-0.25, -0.2) is 13.8 Å². The van der Waals surface area contributed by atoms with Gasteiger partial charge in [-0.2, -0.15) is 9.41 Å². The maximum Gasteiger partial charge on any atom is 0.254 e. The summed E-state index contributed by atoms with van der Waals surface area (Å²) in [5.41, 5.74) is 3.26. The zero-order valence-corrected chi connectivity index (χ0v) is 20.9. The number of halogens is 1. The van der Waals surface area contributed by atoms with Gasteiger partial charge in [0.1, 0.15) is 0 Å². The van der Waals surface area contributed by atoms with Crippen molar-refractivity contribution in [1.29, 1.82) is 0 Å². The summed E-state index contributed by atoms with van der Waals surface area (Å²) < 4.78 is 38.6. The number of amides is 1. The highest BCUT2D eigenvalue weighted by Gasteiger charge is 2.28. The van der Waals surface area contributed by atoms with Crippen molar-refractivity contribution in [3.63, 3.8) is 0 Å². The standard InChI is InChI=1S/C22H27BrN4O5S/c1-3-32-20-9-4-17(14-21(20)31-2)15-24-25-22(28)16-26-10-12-27(13-11-26)33(29,30)19-7-5-18(23)6-8-19/h4-9,14-15H,3,10-13,16H2,1-2H3,(H,25,28)/b24-15-. The van der Waals surface area contributed by atoms with E-state index < -0.39 is 10.0 Å². The van der Waals surface area contributed by atoms with Crippen LogP contribution in [0.15, 0.2) is 56.9 Å². The van der Waals surface area contributed by atoms with Gasteiger partial charge in [-0.1, -0.05) is 15.9 Å². The molecule has 1 aliphatic heterocycles. The van der Waals surface area contributed by atoms with Crippen LogP contribution in [0.5, 0.6) is 11.5 Å². The fourth-order valence-electron chi connectivity index (χ4n) is 3.34. The molecule has 2 aromatic carbocycles. The van der Waals surface area contributed by atoms with Crippen molar-refractivity contribution in [1.82, 2.24) is 14.6 Å². The first-order valence-corrected chi connectivity index (χ1v) is 12.7. The Hall–Kier alpha value is -2.47. The number of ether oxygens (including phenoxy) is 2. The average molecular weight is 539 g/mol. The number of sulfonamides is 1. The third-order valence-corrected chi connectivity index (χ3v) is 7.48. The molecule has 1 saturated heterocycles. The van der Waals surface area contributed by atoms with Crippen molar-refractivity contribution in [3.8, 4) is 11.5 Å². The summed E-state index contributed by atoms with van der Waals surface area (Å²) in [5, 5.41) is 4.00. The van der Waals surface area contributed by atoms with Gasteiger partial charge in [0.05, 0.1) is 31.4 Å². The van der Waals surface area contributed by atoms with Crippen molar-refractivity contribution in [2.24, 2.45) is 5.10 Å². The Morgan fingerprint density at radius 2 is 1.82 bits per heavy atom. The van der Waals surface area contributed by atoms with Gasteiger partial charge in [-0.15, -0.1) is 0 Å². The minimum absolute atomic E-state index is 0.135. The summed E-state index contributed by atoms with van der Waals surface area (Å²) >= 11 is 3.31. The highest BCUT2D eigenvalue weighted by atomic mass is 79.9. The first kappa shape index (κ1) is 25.2. The molecule has 0 aliphatic carbocycles. The molecule has 1 fully saturated rings. The van der Waals surface area contributed by atoms with Crippen molar-refractivity contribution < 1.29 is 22.7 Å². The second-order valence-corrected chi connectivity index (χ2v) is 10.1. The van der Waals surface area contributed by atoms with Crippen molar-refractivity contribution in [2.75, 3.05) is 46.4 Å². The second-order valence-electron chi connectivity index (χ2n) is 7.27. The lowest BCUT2D eigenvalue weighted by Crippen LogP contribution is -2.50. The molecular formula is C22H27BrN4O5S. The van der Waals surface area contributed by atoms with E-state index in [4.69, 9.17) is 9.47 Å². The third kappa shape index (κ3) is 6.76. The van der Waals surface area contributed by atoms with Crippen LogP contribution in [-0.4, -0.2) is 76.2 Å². The van der Waals surface area contributed by atoms with Crippen LogP contribution in [0, 0.1) is 0 Å². The number of nitrogens with one attached hydrogen (secondary N) is 1. The van der Waals surface area contributed by atoms with E-state index in [0.717, 1.165) is 10.0 Å². The number of carbonyl (C=O) groups excluding carboxylic acids is 1. The number of hydrogen-bond donors (Lipinski definition) is 1. The number of methoxy groups -OCH3 is 1. The van der Waals surface area contributed by atoms with Crippen LogP contribution < -0.4 is 14.9 Å². The zero-order valence-electron chi connectivity index (χ0n) is 18.5. The van der Waals surface area contributed by atoms with Gasteiger partial charge in [0.2, 0.25) is 10.0 Å². The summed E-state index contributed by atoms with van der Waals surface area (Å²) in [6.07, 6.45) is 1.53. The molecule has 1 aliphatic rings. The largest absolute Gasteiger partial charge is 0.493 e. The maximum absolute atomic E-state index is 12.8. The normalized spacial score (nSPS) is 15.5. The molecule has 1 N–H and O–H groups in total. The highest BCUT2D eigenvalue weighted by molar-refractivity contribution is 9.10. The van der Waals surface area contributed by atoms with E-state index in [1.165, 1.54) is 10.5 Å². The van der Waals surface area contributed by atoms with Gasteiger partial charge in [-0.3, -0.25) is 9.69 Å². The van der Waals surface area contributed by atoms with E-state index in [1.807, 2.05) is 17.9 Å². The van der Waals surface area contributed by atoms with Crippen LogP contribution in [0.3, 0.4) is 0 Å². The SMILES string of the molecule is CCOc1ccc(/C=N\NC(=O)CN2CCN(S(=O)(=O)c3ccc(Br)cc3)CC2)cc1OC. The van der Waals surface area contributed by atoms with E-state index in [9.17, 15) is 13.2 Å². The van der Waals surface area contributed by atoms with E-state index in [-0.39, 0.29) is 17.3 Å². The lowest BCUT2D eigenvalue weighted by Gasteiger charge is -2.33. The van der Waals surface area contributed by atoms with Gasteiger partial charge in [-0.05, 0) is 55.0 Å². The molecule has 1 amide bonds. The Labute approximate surface area is 202 Å². The molecule has 33 heavy (non-hydrogen) atoms. The van der Waals surface area contributed by atoms with Crippen LogP contribution >= 0.6 is 15.9 Å². The number of benzene rings is 2. The monoisotopic (exact) mass is 538 g/mol. The highest BCUT2D eigenvalue weighted by Crippen LogP contribution is 2.27. The summed E-state index contributed by atoms with van der Waals surface area (Å²) in [5.74, 6) is 0.957. The molecule has 0 bridgehead atoms. The van der Waals surface area contributed by atoms with Crippen molar-refractivity contribution in [3.05, 3.63) is 52.5 Å². The Kier molecular flexibility index (Phi) is 8.84. The molecule has 1 heterocycles. The maximum atomic E-state index is 12.8. The number of piperazine rings is 1. The minimum atomic E-state index is -3.55. The summed E-state index contributed by atoms with van der Waals surface area (Å²) in [4.78, 5) is 14.4. The minimum Gasteiger partial charge on any atom is -0.493 e. The predicted octanol–water partition coefficient (Wildman–Crippen LogP) is 2.31. The topological polar surface area (TPSA) is 101 Å². The van der Waals surface area contributed by atoms with Gasteiger partial charge in [0.15, 0.2) is 11.5 Å². The molecule has 0 spiro atoms. The Bertz CT molecular complexity index is 1080. The van der Waals surface area contributed by atoms with Gasteiger partial charge in [0.25, 0.3) is 5.91 Å². The molecule has 11 heteroatoms. The molecule has 0 radical (unpaired) electrons. The molecule has 0 atom stereocenters. The van der Waals surface area contributed by atoms with E-state index in [1.54, 1.807) is 43.5 Å². The third-order valence-electron chi connectivity index (χ3n) is 5.04. The fraction of sp³-hybridized carbons (Fsp3) is 0.364. The van der Waals surface area contributed by atoms with Crippen LogP contribution in [0.25, 0.3) is 0 Å². The van der Waals surface area contributed by atoms with Crippen LogP contribution in [0.4, 0.5) is 0 Å². The number of hydrogen-bond acceptors (Lipinski definition) is 7. The van der Waals surface area contributed by atoms with Crippen molar-refractivity contribution >= 4 is 38.1 Å². The second kappa shape index (κ2) is 11.6. The first-order valence-electron chi connectivity index (χ1n) is 10.4. The van der Waals surface area contributed by atoms with Crippen molar-refractivity contribution in [2.45, 2.75) is 11.8 Å². The van der Waals surface area contributed by atoms with Gasteiger partial charge < -0.3 is 9.47 Å². The number of hydrazone groups is 1. The molecular weight excluding hydrogens is 512 g/mol. The zero-order chi connectivity index (χ0) is 23.8. The van der Waals surface area contributed by atoms with Crippen LogP contribution in [-0.2, 0) is 14.8 Å². The van der Waals surface area contributed by atoms with E-state index in [2.05, 4.69) is 26.5 Å². The molecule has 0 saturated carbocycles. The molecule has 2 aromatic rings. The first-order chi connectivity index (χ1) is 15.8. The molecule has 178 valence electrons. The molecule has 0 aromatic heterocycles. The van der Waals surface area contributed by atoms with Crippen LogP contribution in [0.1, 0.15) is 12.5 Å². The molecule has 9 nitrogen and oxygen atoms in total. The Morgan fingerprint density at radius 1 is 1.12 bits per heavy atom. The lowest BCUT2D eigenvalue weighted by molar-refractivity contribution is -0.122. The van der Waals surface area contributed by atoms with E-state index >= 15 is 0 Å². The summed E-state index contributed by atoms with van der Waals surface area (Å²) in [6, 6.07) is 11.9. The number of carbonyl (C=O) groups is 1. The van der Waals surface area contributed by atoms with Crippen LogP contribution in [0.2, 0.25) is 0 Å². The lowest BCUT2D eigenvalue weighted by atomic mass is 10.2. The fourth-order valence-corrected chi connectivity index (χ4v) is 5.03. The summed E-state index contributed by atoms with van der Waals surface area (Å²) in [6.45, 7) is 4.12. The Morgan fingerprint density at radius 3 is 2.45 bits per heavy atom. The number of nitrogens with zero attached hydrogens (tertiary/aromatic N) is 3. The smallest absolute Gasteiger partial charge is 0.254 e. The average Bonchev–Trinajstić information content (AvgIpc) is 2.80. The number of rotatable bonds is 9.